The summed E-state index contributed by atoms with van der Waals surface area (Å²) in [5, 5.41) is 8.28. The molecule has 0 saturated carbocycles. The zero-order chi connectivity index (χ0) is 21.5. The van der Waals surface area contributed by atoms with E-state index in [2.05, 4.69) is 10.6 Å². The number of amides is 4. The van der Waals surface area contributed by atoms with Gasteiger partial charge in [0, 0.05) is 23.1 Å². The fraction of sp³-hybridized carbons (Fsp3) is 0.217. The third-order valence-electron chi connectivity index (χ3n) is 5.66. The van der Waals surface area contributed by atoms with Gasteiger partial charge < -0.3 is 15.5 Å². The summed E-state index contributed by atoms with van der Waals surface area (Å²) in [6.45, 7) is 3.86. The Balaban J connectivity index is 1.70. The van der Waals surface area contributed by atoms with Crippen molar-refractivity contribution in [1.29, 1.82) is 0 Å². The van der Waals surface area contributed by atoms with Crippen LogP contribution in [0.3, 0.4) is 0 Å². The number of urea groups is 2. The molecule has 1 atom stereocenters. The number of likely N-dealkylation sites (N-methyl/N-ethyl adjacent to an activating group) is 1. The molecule has 1 saturated heterocycles. The molecule has 30 heavy (non-hydrogen) atoms. The van der Waals surface area contributed by atoms with Gasteiger partial charge in [-0.1, -0.05) is 54.1 Å². The second-order valence-electron chi connectivity index (χ2n) is 7.87. The van der Waals surface area contributed by atoms with Gasteiger partial charge in [-0.2, -0.15) is 0 Å². The van der Waals surface area contributed by atoms with Crippen LogP contribution in [0.4, 0.5) is 21.0 Å². The van der Waals surface area contributed by atoms with Crippen LogP contribution >= 0.6 is 11.6 Å². The normalized spacial score (nSPS) is 18.0. The largest absolute Gasteiger partial charge is 0.326 e. The van der Waals surface area contributed by atoms with E-state index in [1.54, 1.807) is 41.1 Å². The molecule has 1 aliphatic heterocycles. The molecule has 0 aromatic heterocycles. The average molecular weight is 423 g/mol. The number of carbonyl (C=O) groups excluding carboxylic acids is 2. The molecule has 1 fully saturated rings. The zero-order valence-corrected chi connectivity index (χ0v) is 17.8. The molecular weight excluding hydrogens is 400 g/mol. The standard InChI is InChI=1S/C23H23ClN4O2/c1-23(2)20(26-21(29)25-17-11-7-10-16(24)14-17)28(22(30)27(23)3)19-13-6-9-15-8-4-5-12-18(15)19/h4-14,20H,1-3H3,(H2,25,26,29)/t20-/m0/s1. The van der Waals surface area contributed by atoms with E-state index in [0.29, 0.717) is 10.7 Å². The van der Waals surface area contributed by atoms with Crippen LogP contribution in [0.15, 0.2) is 66.7 Å². The Hall–Kier alpha value is -3.25. The van der Waals surface area contributed by atoms with Crippen molar-refractivity contribution in [3.8, 4) is 0 Å². The summed E-state index contributed by atoms with van der Waals surface area (Å²) in [7, 11) is 1.75. The summed E-state index contributed by atoms with van der Waals surface area (Å²) in [4.78, 5) is 29.3. The molecule has 1 aliphatic rings. The first-order valence-corrected chi connectivity index (χ1v) is 10.0. The lowest BCUT2D eigenvalue weighted by Gasteiger charge is -2.34. The Morgan fingerprint density at radius 3 is 2.50 bits per heavy atom. The van der Waals surface area contributed by atoms with E-state index in [1.165, 1.54) is 0 Å². The van der Waals surface area contributed by atoms with Crippen LogP contribution in [-0.2, 0) is 0 Å². The molecule has 0 spiro atoms. The minimum atomic E-state index is -0.639. The van der Waals surface area contributed by atoms with Crippen LogP contribution in [-0.4, -0.2) is 35.7 Å². The second-order valence-corrected chi connectivity index (χ2v) is 8.31. The second kappa shape index (κ2) is 7.54. The number of fused-ring (bicyclic) bond motifs is 1. The molecule has 2 N–H and O–H groups in total. The molecular formula is C23H23ClN4O2. The van der Waals surface area contributed by atoms with E-state index in [4.69, 9.17) is 11.6 Å². The third kappa shape index (κ3) is 3.44. The van der Waals surface area contributed by atoms with Gasteiger partial charge in [-0.05, 0) is 43.5 Å². The monoisotopic (exact) mass is 422 g/mol. The quantitative estimate of drug-likeness (QED) is 0.602. The molecule has 154 valence electrons. The van der Waals surface area contributed by atoms with Gasteiger partial charge in [0.2, 0.25) is 0 Å². The molecule has 6 nitrogen and oxygen atoms in total. The molecule has 0 aliphatic carbocycles. The van der Waals surface area contributed by atoms with Crippen LogP contribution < -0.4 is 15.5 Å². The summed E-state index contributed by atoms with van der Waals surface area (Å²) < 4.78 is 0. The number of carbonyl (C=O) groups is 2. The van der Waals surface area contributed by atoms with E-state index in [0.717, 1.165) is 16.5 Å². The fourth-order valence-corrected chi connectivity index (χ4v) is 3.97. The first-order chi connectivity index (χ1) is 14.3. The van der Waals surface area contributed by atoms with Crippen molar-refractivity contribution < 1.29 is 9.59 Å². The Morgan fingerprint density at radius 2 is 1.73 bits per heavy atom. The Labute approximate surface area is 180 Å². The molecule has 3 aromatic rings. The summed E-state index contributed by atoms with van der Waals surface area (Å²) in [5.41, 5.74) is 0.690. The van der Waals surface area contributed by atoms with Crippen molar-refractivity contribution in [3.63, 3.8) is 0 Å². The van der Waals surface area contributed by atoms with Crippen LogP contribution in [0.1, 0.15) is 13.8 Å². The van der Waals surface area contributed by atoms with Gasteiger partial charge in [0.05, 0.1) is 11.2 Å². The Kier molecular flexibility index (Phi) is 5.03. The maximum absolute atomic E-state index is 13.2. The molecule has 4 rings (SSSR count). The fourth-order valence-electron chi connectivity index (χ4n) is 3.78. The van der Waals surface area contributed by atoms with Crippen LogP contribution in [0, 0.1) is 0 Å². The first kappa shape index (κ1) is 20.0. The molecule has 4 amide bonds. The van der Waals surface area contributed by atoms with Crippen molar-refractivity contribution in [2.75, 3.05) is 17.3 Å². The van der Waals surface area contributed by atoms with Gasteiger partial charge in [-0.25, -0.2) is 9.59 Å². The number of anilines is 2. The molecule has 1 heterocycles. The van der Waals surface area contributed by atoms with Crippen molar-refractivity contribution in [3.05, 3.63) is 71.8 Å². The highest BCUT2D eigenvalue weighted by Crippen LogP contribution is 2.37. The lowest BCUT2D eigenvalue weighted by Crippen LogP contribution is -2.56. The molecule has 0 radical (unpaired) electrons. The van der Waals surface area contributed by atoms with Gasteiger partial charge >= 0.3 is 12.1 Å². The Morgan fingerprint density at radius 1 is 1.03 bits per heavy atom. The number of benzene rings is 3. The van der Waals surface area contributed by atoms with E-state index < -0.39 is 17.7 Å². The topological polar surface area (TPSA) is 64.7 Å². The summed E-state index contributed by atoms with van der Waals surface area (Å²) in [6.07, 6.45) is -0.583. The third-order valence-corrected chi connectivity index (χ3v) is 5.90. The van der Waals surface area contributed by atoms with E-state index in [9.17, 15) is 9.59 Å². The van der Waals surface area contributed by atoms with Crippen LogP contribution in [0.5, 0.6) is 0 Å². The highest BCUT2D eigenvalue weighted by Gasteiger charge is 2.51. The summed E-state index contributed by atoms with van der Waals surface area (Å²) in [6, 6.07) is 20.0. The molecule has 0 unspecified atom stereocenters. The number of nitrogens with one attached hydrogen (secondary N) is 2. The van der Waals surface area contributed by atoms with Crippen molar-refractivity contribution in [1.82, 2.24) is 10.2 Å². The van der Waals surface area contributed by atoms with Crippen molar-refractivity contribution >= 4 is 45.8 Å². The van der Waals surface area contributed by atoms with Gasteiger partial charge in [0.25, 0.3) is 0 Å². The van der Waals surface area contributed by atoms with E-state index in [1.807, 2.05) is 56.3 Å². The van der Waals surface area contributed by atoms with Crippen LogP contribution in [0.2, 0.25) is 5.02 Å². The van der Waals surface area contributed by atoms with Crippen LogP contribution in [0.25, 0.3) is 10.8 Å². The van der Waals surface area contributed by atoms with Gasteiger partial charge in [0.1, 0.15) is 6.17 Å². The highest BCUT2D eigenvalue weighted by molar-refractivity contribution is 6.30. The average Bonchev–Trinajstić information content (AvgIpc) is 2.87. The van der Waals surface area contributed by atoms with Crippen molar-refractivity contribution in [2.45, 2.75) is 25.6 Å². The maximum atomic E-state index is 13.2. The number of nitrogens with zero attached hydrogens (tertiary/aromatic N) is 2. The minimum absolute atomic E-state index is 0.176. The predicted octanol–water partition coefficient (Wildman–Crippen LogP) is 5.29. The van der Waals surface area contributed by atoms with Crippen molar-refractivity contribution in [2.24, 2.45) is 0 Å². The van der Waals surface area contributed by atoms with Gasteiger partial charge in [-0.15, -0.1) is 0 Å². The minimum Gasteiger partial charge on any atom is -0.318 e. The number of hydrogen-bond donors (Lipinski definition) is 2. The SMILES string of the molecule is CN1C(=O)N(c2cccc3ccccc23)[C@H](NC(=O)Nc2cccc(Cl)c2)C1(C)C. The summed E-state index contributed by atoms with van der Waals surface area (Å²) >= 11 is 6.01. The molecule has 3 aromatic carbocycles. The molecule has 7 heteroatoms. The first-order valence-electron chi connectivity index (χ1n) is 9.67. The highest BCUT2D eigenvalue weighted by atomic mass is 35.5. The molecule has 0 bridgehead atoms. The lowest BCUT2D eigenvalue weighted by molar-refractivity contribution is 0.180. The maximum Gasteiger partial charge on any atom is 0.326 e. The number of hydrogen-bond acceptors (Lipinski definition) is 2. The number of halogens is 1. The lowest BCUT2D eigenvalue weighted by atomic mass is 10.00. The zero-order valence-electron chi connectivity index (χ0n) is 17.0. The summed E-state index contributed by atoms with van der Waals surface area (Å²) in [5.74, 6) is 0. The van der Waals surface area contributed by atoms with E-state index >= 15 is 0 Å². The van der Waals surface area contributed by atoms with Gasteiger partial charge in [-0.3, -0.25) is 4.90 Å². The smallest absolute Gasteiger partial charge is 0.318 e. The number of rotatable bonds is 3. The predicted molar refractivity (Wildman–Crippen MR) is 121 cm³/mol. The Bertz CT molecular complexity index is 1130. The van der Waals surface area contributed by atoms with Gasteiger partial charge in [0.15, 0.2) is 0 Å². The van der Waals surface area contributed by atoms with E-state index in [-0.39, 0.29) is 6.03 Å².